The van der Waals surface area contributed by atoms with Crippen molar-refractivity contribution in [2.24, 2.45) is 5.92 Å². The summed E-state index contributed by atoms with van der Waals surface area (Å²) >= 11 is 12.7. The molecule has 2 nitrogen and oxygen atoms in total. The van der Waals surface area contributed by atoms with Gasteiger partial charge in [0, 0.05) is 40.7 Å². The minimum Gasteiger partial charge on any atom is -0.414 e. The molecule has 1 aliphatic heterocycles. The monoisotopic (exact) mass is 517 g/mol. The summed E-state index contributed by atoms with van der Waals surface area (Å²) in [4.78, 5) is 2.80. The van der Waals surface area contributed by atoms with Crippen molar-refractivity contribution in [1.82, 2.24) is 4.90 Å². The molecule has 5 heteroatoms. The smallest absolute Gasteiger partial charge is 0.192 e. The summed E-state index contributed by atoms with van der Waals surface area (Å²) in [5.74, 6) is 1.04. The van der Waals surface area contributed by atoms with Crippen LogP contribution in [0.4, 0.5) is 0 Å². The Kier molecular flexibility index (Phi) is 7.91. The van der Waals surface area contributed by atoms with E-state index in [4.69, 9.17) is 27.6 Å². The average Bonchev–Trinajstić information content (AvgIpc) is 3.21. The zero-order valence-corrected chi connectivity index (χ0v) is 24.2. The number of likely N-dealkylation sites (tertiary alicyclic amines) is 1. The number of hydrogen-bond donors (Lipinski definition) is 0. The van der Waals surface area contributed by atoms with Crippen molar-refractivity contribution in [3.63, 3.8) is 0 Å². The van der Waals surface area contributed by atoms with E-state index < -0.39 is 8.32 Å². The van der Waals surface area contributed by atoms with E-state index in [1.165, 1.54) is 24.0 Å². The molecular weight excluding hydrogens is 477 g/mol. The van der Waals surface area contributed by atoms with Crippen molar-refractivity contribution in [3.05, 3.63) is 69.7 Å². The van der Waals surface area contributed by atoms with Crippen LogP contribution in [0.5, 0.6) is 0 Å². The second kappa shape index (κ2) is 10.3. The molecule has 1 saturated carbocycles. The molecule has 2 fully saturated rings. The summed E-state index contributed by atoms with van der Waals surface area (Å²) in [5, 5.41) is 1.86. The topological polar surface area (TPSA) is 12.5 Å². The van der Waals surface area contributed by atoms with Gasteiger partial charge < -0.3 is 4.43 Å². The summed E-state index contributed by atoms with van der Waals surface area (Å²) in [5.41, 5.74) is 2.70. The number of nitrogens with zero attached hydrogens (tertiary/aromatic N) is 1. The van der Waals surface area contributed by atoms with E-state index in [1.54, 1.807) is 0 Å². The van der Waals surface area contributed by atoms with Crippen molar-refractivity contribution in [1.29, 1.82) is 0 Å². The molecule has 0 radical (unpaired) electrons. The first-order valence-electron chi connectivity index (χ1n) is 12.9. The summed E-state index contributed by atoms with van der Waals surface area (Å²) in [7, 11) is -1.77. The number of piperidine rings is 1. The lowest BCUT2D eigenvalue weighted by atomic mass is 9.76. The van der Waals surface area contributed by atoms with Gasteiger partial charge in [0.15, 0.2) is 8.32 Å². The normalized spacial score (nSPS) is 28.9. The largest absolute Gasteiger partial charge is 0.414 e. The predicted molar refractivity (Wildman–Crippen MR) is 149 cm³/mol. The number of halogens is 2. The van der Waals surface area contributed by atoms with Gasteiger partial charge in [-0.05, 0) is 85.1 Å². The number of rotatable bonds is 5. The maximum absolute atomic E-state index is 6.87. The van der Waals surface area contributed by atoms with E-state index in [9.17, 15) is 0 Å². The third-order valence-electron chi connectivity index (χ3n) is 8.50. The van der Waals surface area contributed by atoms with Gasteiger partial charge in [-0.2, -0.15) is 0 Å². The molecule has 2 aliphatic rings. The van der Waals surface area contributed by atoms with Crippen molar-refractivity contribution in [2.45, 2.75) is 95.6 Å². The van der Waals surface area contributed by atoms with E-state index in [1.807, 2.05) is 18.2 Å². The Hall–Kier alpha value is -0.843. The molecule has 0 aromatic heterocycles. The maximum Gasteiger partial charge on any atom is 0.192 e. The van der Waals surface area contributed by atoms with Crippen molar-refractivity contribution in [3.8, 4) is 0 Å². The van der Waals surface area contributed by atoms with E-state index in [2.05, 4.69) is 76.0 Å². The molecule has 0 amide bonds. The van der Waals surface area contributed by atoms with E-state index in [0.717, 1.165) is 29.4 Å². The molecule has 1 aliphatic carbocycles. The van der Waals surface area contributed by atoms with Crippen molar-refractivity contribution >= 4 is 31.5 Å². The second-order valence-electron chi connectivity index (χ2n) is 12.2. The molecule has 5 atom stereocenters. The SMILES string of the molecule is CC1C[C@H](c2cccc(Cl)c2)[C@@H](c2ccc(Cl)cc2)N([C@H]2CC[C@@H](O[Si](C)(C)C(C)(C)C)C2)C1. The first kappa shape index (κ1) is 26.2. The van der Waals surface area contributed by atoms with Gasteiger partial charge in [0.1, 0.15) is 0 Å². The lowest BCUT2D eigenvalue weighted by molar-refractivity contribution is 0.0459. The highest BCUT2D eigenvalue weighted by molar-refractivity contribution is 6.74. The van der Waals surface area contributed by atoms with Crippen LogP contribution < -0.4 is 0 Å². The Labute approximate surface area is 218 Å². The molecule has 2 aromatic carbocycles. The lowest BCUT2D eigenvalue weighted by Gasteiger charge is -2.48. The lowest BCUT2D eigenvalue weighted by Crippen LogP contribution is -2.47. The maximum atomic E-state index is 6.87. The minimum absolute atomic E-state index is 0.244. The van der Waals surface area contributed by atoms with Gasteiger partial charge in [-0.1, -0.05) is 75.2 Å². The zero-order valence-electron chi connectivity index (χ0n) is 21.7. The Morgan fingerprint density at radius 1 is 0.912 bits per heavy atom. The molecule has 34 heavy (non-hydrogen) atoms. The molecular formula is C29H41Cl2NOSi. The Balaban J connectivity index is 1.64. The number of benzene rings is 2. The first-order chi connectivity index (χ1) is 15.9. The van der Waals surface area contributed by atoms with Crippen LogP contribution in [-0.4, -0.2) is 31.9 Å². The fourth-order valence-electron chi connectivity index (χ4n) is 5.78. The third-order valence-corrected chi connectivity index (χ3v) is 13.5. The van der Waals surface area contributed by atoms with Crippen LogP contribution in [0, 0.1) is 5.92 Å². The van der Waals surface area contributed by atoms with Gasteiger partial charge in [-0.25, -0.2) is 0 Å². The van der Waals surface area contributed by atoms with Crippen LogP contribution in [0.1, 0.15) is 76.5 Å². The third kappa shape index (κ3) is 5.76. The summed E-state index contributed by atoms with van der Waals surface area (Å²) in [6.07, 6.45) is 5.04. The fourth-order valence-corrected chi connectivity index (χ4v) is 7.50. The molecule has 1 heterocycles. The first-order valence-corrected chi connectivity index (χ1v) is 16.6. The van der Waals surface area contributed by atoms with Gasteiger partial charge in [0.25, 0.3) is 0 Å². The molecule has 1 unspecified atom stereocenters. The summed E-state index contributed by atoms with van der Waals surface area (Å²) < 4.78 is 6.87. The van der Waals surface area contributed by atoms with E-state index >= 15 is 0 Å². The standard InChI is InChI=1S/C29H41Cl2NOSi/c1-20-16-27(22-8-7-9-24(31)17-22)28(21-10-12-23(30)13-11-21)32(19-20)25-14-15-26(18-25)33-34(5,6)29(2,3)4/h7-13,17,20,25-28H,14-16,18-19H2,1-6H3/t20?,25-,26+,27+,28+/m0/s1. The van der Waals surface area contributed by atoms with Crippen LogP contribution in [0.15, 0.2) is 48.5 Å². The van der Waals surface area contributed by atoms with Gasteiger partial charge in [0.05, 0.1) is 0 Å². The Morgan fingerprint density at radius 2 is 1.62 bits per heavy atom. The van der Waals surface area contributed by atoms with Crippen molar-refractivity contribution < 1.29 is 4.43 Å². The molecule has 186 valence electrons. The molecule has 1 saturated heterocycles. The molecule has 2 aromatic rings. The van der Waals surface area contributed by atoms with E-state index in [-0.39, 0.29) is 5.04 Å². The van der Waals surface area contributed by atoms with Gasteiger partial charge in [-0.3, -0.25) is 4.90 Å². The Morgan fingerprint density at radius 3 is 2.26 bits per heavy atom. The highest BCUT2D eigenvalue weighted by atomic mass is 35.5. The highest BCUT2D eigenvalue weighted by Gasteiger charge is 2.45. The number of hydrogen-bond acceptors (Lipinski definition) is 2. The quantitative estimate of drug-likeness (QED) is 0.366. The molecule has 4 rings (SSSR count). The average molecular weight is 519 g/mol. The van der Waals surface area contributed by atoms with Crippen LogP contribution in [0.3, 0.4) is 0 Å². The summed E-state index contributed by atoms with van der Waals surface area (Å²) in [6, 6.07) is 17.9. The van der Waals surface area contributed by atoms with Crippen LogP contribution >= 0.6 is 23.2 Å². The van der Waals surface area contributed by atoms with Gasteiger partial charge in [0.2, 0.25) is 0 Å². The van der Waals surface area contributed by atoms with E-state index in [0.29, 0.717) is 30.0 Å². The Bertz CT molecular complexity index is 971. The second-order valence-corrected chi connectivity index (χ2v) is 17.8. The van der Waals surface area contributed by atoms with Crippen LogP contribution in [0.2, 0.25) is 28.2 Å². The van der Waals surface area contributed by atoms with Crippen molar-refractivity contribution in [2.75, 3.05) is 6.54 Å². The fraction of sp³-hybridized carbons (Fsp3) is 0.586. The zero-order chi connectivity index (χ0) is 24.7. The molecule has 0 bridgehead atoms. The highest BCUT2D eigenvalue weighted by Crippen LogP contribution is 2.48. The summed E-state index contributed by atoms with van der Waals surface area (Å²) in [6.45, 7) is 15.3. The van der Waals surface area contributed by atoms with Crippen LogP contribution in [-0.2, 0) is 4.43 Å². The van der Waals surface area contributed by atoms with Gasteiger partial charge in [-0.15, -0.1) is 0 Å². The van der Waals surface area contributed by atoms with Gasteiger partial charge >= 0.3 is 0 Å². The predicted octanol–water partition coefficient (Wildman–Crippen LogP) is 9.10. The molecule has 0 spiro atoms. The molecule has 0 N–H and O–H groups in total. The minimum atomic E-state index is -1.77. The van der Waals surface area contributed by atoms with Crippen LogP contribution in [0.25, 0.3) is 0 Å².